The second kappa shape index (κ2) is 4.80. The first kappa shape index (κ1) is 10.8. The zero-order chi connectivity index (χ0) is 9.84. The summed E-state index contributed by atoms with van der Waals surface area (Å²) in [6, 6.07) is 3.52. The molecule has 13 heavy (non-hydrogen) atoms. The Kier molecular flexibility index (Phi) is 3.97. The summed E-state index contributed by atoms with van der Waals surface area (Å²) < 4.78 is 5.38. The van der Waals surface area contributed by atoms with Gasteiger partial charge < -0.3 is 4.74 Å². The van der Waals surface area contributed by atoms with Crippen LogP contribution in [0.2, 0.25) is 10.3 Å². The van der Waals surface area contributed by atoms with Gasteiger partial charge in [-0.05, 0) is 19.9 Å². The standard InChI is InChI=1S/C9H11Cl2NO/c1-6(2)13-5-7-3-4-8(10)12-9(7)11/h3-4,6H,5H2,1-2H3. The smallest absolute Gasteiger partial charge is 0.136 e. The van der Waals surface area contributed by atoms with Crippen LogP contribution in [0.1, 0.15) is 19.4 Å². The first-order chi connectivity index (χ1) is 6.09. The number of rotatable bonds is 3. The number of halogens is 2. The van der Waals surface area contributed by atoms with Gasteiger partial charge in [-0.1, -0.05) is 29.3 Å². The van der Waals surface area contributed by atoms with Crippen molar-refractivity contribution in [1.82, 2.24) is 4.98 Å². The van der Waals surface area contributed by atoms with Gasteiger partial charge in [-0.25, -0.2) is 4.98 Å². The van der Waals surface area contributed by atoms with E-state index in [1.54, 1.807) is 6.07 Å². The van der Waals surface area contributed by atoms with Crippen LogP contribution >= 0.6 is 23.2 Å². The molecule has 1 aromatic heterocycles. The SMILES string of the molecule is CC(C)OCc1ccc(Cl)nc1Cl. The van der Waals surface area contributed by atoms with E-state index in [2.05, 4.69) is 4.98 Å². The lowest BCUT2D eigenvalue weighted by molar-refractivity contribution is 0.0656. The van der Waals surface area contributed by atoms with E-state index in [0.29, 0.717) is 16.9 Å². The maximum atomic E-state index is 5.84. The number of nitrogens with zero attached hydrogens (tertiary/aromatic N) is 1. The lowest BCUT2D eigenvalue weighted by Crippen LogP contribution is -2.03. The molecule has 0 saturated heterocycles. The molecule has 1 heterocycles. The Balaban J connectivity index is 2.67. The van der Waals surface area contributed by atoms with Gasteiger partial charge in [0.2, 0.25) is 0 Å². The summed E-state index contributed by atoms with van der Waals surface area (Å²) >= 11 is 11.5. The van der Waals surface area contributed by atoms with E-state index in [9.17, 15) is 0 Å². The third-order valence-electron chi connectivity index (χ3n) is 1.46. The summed E-state index contributed by atoms with van der Waals surface area (Å²) in [4.78, 5) is 3.90. The Morgan fingerprint density at radius 3 is 2.62 bits per heavy atom. The quantitative estimate of drug-likeness (QED) is 0.729. The van der Waals surface area contributed by atoms with Crippen LogP contribution in [0, 0.1) is 0 Å². The van der Waals surface area contributed by atoms with E-state index >= 15 is 0 Å². The van der Waals surface area contributed by atoms with Gasteiger partial charge in [-0.15, -0.1) is 0 Å². The van der Waals surface area contributed by atoms with Crippen molar-refractivity contribution >= 4 is 23.2 Å². The van der Waals surface area contributed by atoms with Gasteiger partial charge >= 0.3 is 0 Å². The monoisotopic (exact) mass is 219 g/mol. The molecule has 1 aromatic rings. The minimum absolute atomic E-state index is 0.187. The van der Waals surface area contributed by atoms with Crippen LogP contribution in [0.5, 0.6) is 0 Å². The summed E-state index contributed by atoms with van der Waals surface area (Å²) in [5, 5.41) is 0.812. The van der Waals surface area contributed by atoms with Crippen molar-refractivity contribution in [2.45, 2.75) is 26.6 Å². The second-order valence-electron chi connectivity index (χ2n) is 2.94. The molecule has 0 aliphatic rings. The lowest BCUT2D eigenvalue weighted by atomic mass is 10.3. The molecule has 0 aliphatic heterocycles. The molecule has 0 bridgehead atoms. The summed E-state index contributed by atoms with van der Waals surface area (Å²) in [5.74, 6) is 0. The first-order valence-corrected chi connectivity index (χ1v) is 4.77. The second-order valence-corrected chi connectivity index (χ2v) is 3.69. The largest absolute Gasteiger partial charge is 0.374 e. The van der Waals surface area contributed by atoms with Gasteiger partial charge in [0.25, 0.3) is 0 Å². The van der Waals surface area contributed by atoms with Crippen molar-refractivity contribution in [3.05, 3.63) is 28.0 Å². The summed E-state index contributed by atoms with van der Waals surface area (Å²) in [6.45, 7) is 4.41. The Hall–Kier alpha value is -0.310. The summed E-state index contributed by atoms with van der Waals surface area (Å²) in [6.07, 6.45) is 0.187. The fourth-order valence-corrected chi connectivity index (χ4v) is 1.20. The van der Waals surface area contributed by atoms with Crippen molar-refractivity contribution in [2.24, 2.45) is 0 Å². The molecule has 0 N–H and O–H groups in total. The lowest BCUT2D eigenvalue weighted by Gasteiger charge is -2.08. The van der Waals surface area contributed by atoms with E-state index in [-0.39, 0.29) is 6.10 Å². The Labute approximate surface area is 87.8 Å². The Bertz CT molecular complexity index is 289. The van der Waals surface area contributed by atoms with Gasteiger partial charge in [-0.3, -0.25) is 0 Å². The van der Waals surface area contributed by atoms with Gasteiger partial charge in [0.05, 0.1) is 12.7 Å². The van der Waals surface area contributed by atoms with Gasteiger partial charge in [0.1, 0.15) is 10.3 Å². The molecule has 0 aliphatic carbocycles. The Morgan fingerprint density at radius 1 is 1.38 bits per heavy atom. The van der Waals surface area contributed by atoms with E-state index in [0.717, 1.165) is 5.56 Å². The highest BCUT2D eigenvalue weighted by molar-refractivity contribution is 6.32. The highest BCUT2D eigenvalue weighted by Crippen LogP contribution is 2.17. The van der Waals surface area contributed by atoms with Crippen LogP contribution in [0.15, 0.2) is 12.1 Å². The molecule has 0 fully saturated rings. The fourth-order valence-electron chi connectivity index (χ4n) is 0.805. The summed E-state index contributed by atoms with van der Waals surface area (Å²) in [7, 11) is 0. The van der Waals surface area contributed by atoms with Crippen LogP contribution in [-0.4, -0.2) is 11.1 Å². The molecule has 0 saturated carbocycles. The van der Waals surface area contributed by atoms with Crippen molar-refractivity contribution < 1.29 is 4.74 Å². The predicted molar refractivity (Wildman–Crippen MR) is 54.2 cm³/mol. The molecule has 0 spiro atoms. The normalized spacial score (nSPS) is 10.8. The van der Waals surface area contributed by atoms with Gasteiger partial charge in [-0.2, -0.15) is 0 Å². The van der Waals surface area contributed by atoms with Crippen molar-refractivity contribution in [3.8, 4) is 0 Å². The predicted octanol–water partition coefficient (Wildman–Crippen LogP) is 3.31. The number of ether oxygens (including phenoxy) is 1. The van der Waals surface area contributed by atoms with Gasteiger partial charge in [0, 0.05) is 5.56 Å². The molecule has 0 aromatic carbocycles. The number of hydrogen-bond acceptors (Lipinski definition) is 2. The highest BCUT2D eigenvalue weighted by atomic mass is 35.5. The van der Waals surface area contributed by atoms with Crippen LogP contribution in [0.25, 0.3) is 0 Å². The minimum atomic E-state index is 0.187. The number of hydrogen-bond donors (Lipinski definition) is 0. The first-order valence-electron chi connectivity index (χ1n) is 4.02. The number of pyridine rings is 1. The average Bonchev–Trinajstić information content (AvgIpc) is 2.02. The molecule has 0 unspecified atom stereocenters. The topological polar surface area (TPSA) is 22.1 Å². The average molecular weight is 220 g/mol. The molecule has 72 valence electrons. The van der Waals surface area contributed by atoms with E-state index < -0.39 is 0 Å². The third kappa shape index (κ3) is 3.51. The van der Waals surface area contributed by atoms with Crippen LogP contribution < -0.4 is 0 Å². The van der Waals surface area contributed by atoms with E-state index in [1.807, 2.05) is 19.9 Å². The molecular formula is C9H11Cl2NO. The van der Waals surface area contributed by atoms with Crippen LogP contribution in [-0.2, 0) is 11.3 Å². The molecule has 2 nitrogen and oxygen atoms in total. The molecule has 0 radical (unpaired) electrons. The van der Waals surface area contributed by atoms with Gasteiger partial charge in [0.15, 0.2) is 0 Å². The maximum Gasteiger partial charge on any atom is 0.136 e. The summed E-state index contributed by atoms with van der Waals surface area (Å²) in [5.41, 5.74) is 0.861. The maximum absolute atomic E-state index is 5.84. The van der Waals surface area contributed by atoms with Crippen LogP contribution in [0.4, 0.5) is 0 Å². The van der Waals surface area contributed by atoms with Crippen molar-refractivity contribution in [1.29, 1.82) is 0 Å². The molecule has 1 rings (SSSR count). The third-order valence-corrected chi connectivity index (χ3v) is 2.00. The Morgan fingerprint density at radius 2 is 2.08 bits per heavy atom. The fraction of sp³-hybridized carbons (Fsp3) is 0.444. The van der Waals surface area contributed by atoms with Crippen molar-refractivity contribution in [3.63, 3.8) is 0 Å². The van der Waals surface area contributed by atoms with E-state index in [4.69, 9.17) is 27.9 Å². The molecule has 0 amide bonds. The number of aromatic nitrogens is 1. The molecule has 4 heteroatoms. The minimum Gasteiger partial charge on any atom is -0.374 e. The zero-order valence-corrected chi connectivity index (χ0v) is 9.06. The molecular weight excluding hydrogens is 209 g/mol. The van der Waals surface area contributed by atoms with Crippen molar-refractivity contribution in [2.75, 3.05) is 0 Å². The van der Waals surface area contributed by atoms with Crippen LogP contribution in [0.3, 0.4) is 0 Å². The van der Waals surface area contributed by atoms with E-state index in [1.165, 1.54) is 0 Å². The zero-order valence-electron chi connectivity index (χ0n) is 7.55. The molecule has 0 atom stereocenters. The highest BCUT2D eigenvalue weighted by Gasteiger charge is 2.03.